The van der Waals surface area contributed by atoms with E-state index in [2.05, 4.69) is 0 Å². The third kappa shape index (κ3) is 2.32. The number of hydrogen-bond donors (Lipinski definition) is 2. The maximum Gasteiger partial charge on any atom is 0.491 e. The summed E-state index contributed by atoms with van der Waals surface area (Å²) < 4.78 is 18.6. The molecule has 0 bridgehead atoms. The first-order chi connectivity index (χ1) is 6.06. The van der Waals surface area contributed by atoms with Crippen LogP contribution in [0.4, 0.5) is 4.39 Å². The number of ether oxygens (including phenoxy) is 1. The minimum Gasteiger partial charge on any atom is -0.494 e. The first-order valence-electron chi connectivity index (χ1n) is 3.45. The summed E-state index contributed by atoms with van der Waals surface area (Å²) in [4.78, 5) is 0. The third-order valence-electron chi connectivity index (χ3n) is 1.53. The van der Waals surface area contributed by atoms with Crippen LogP contribution in [0.5, 0.6) is 5.75 Å². The minimum atomic E-state index is -1.82. The van der Waals surface area contributed by atoms with E-state index in [4.69, 9.17) is 14.8 Å². The molecule has 2 N–H and O–H groups in total. The Morgan fingerprint density at radius 3 is 2.54 bits per heavy atom. The van der Waals surface area contributed by atoms with Gasteiger partial charge < -0.3 is 14.8 Å². The Kier molecular flexibility index (Phi) is 3.51. The van der Waals surface area contributed by atoms with Gasteiger partial charge in [-0.05, 0) is 34.7 Å². The van der Waals surface area contributed by atoms with E-state index >= 15 is 0 Å². The molecule has 0 spiro atoms. The van der Waals surface area contributed by atoms with Crippen molar-refractivity contribution in [2.75, 3.05) is 7.11 Å². The number of halogens is 2. The van der Waals surface area contributed by atoms with Gasteiger partial charge >= 0.3 is 7.12 Å². The van der Waals surface area contributed by atoms with Gasteiger partial charge in [0.25, 0.3) is 0 Å². The quantitative estimate of drug-likeness (QED) is 0.602. The van der Waals surface area contributed by atoms with E-state index in [0.29, 0.717) is 3.57 Å². The highest BCUT2D eigenvalue weighted by atomic mass is 127. The monoisotopic (exact) mass is 296 g/mol. The Hall–Kier alpha value is -0.335. The Balaban J connectivity index is 3.27. The average molecular weight is 296 g/mol. The molecule has 0 unspecified atom stereocenters. The Morgan fingerprint density at radius 2 is 2.08 bits per heavy atom. The van der Waals surface area contributed by atoms with Crippen LogP contribution in [0, 0.1) is 9.39 Å². The van der Waals surface area contributed by atoms with Crippen molar-refractivity contribution >= 4 is 35.2 Å². The molecule has 1 aromatic rings. The molecule has 0 saturated carbocycles. The summed E-state index contributed by atoms with van der Waals surface area (Å²) in [7, 11) is -0.495. The van der Waals surface area contributed by atoms with Crippen molar-refractivity contribution in [3.8, 4) is 5.75 Å². The fourth-order valence-corrected chi connectivity index (χ4v) is 1.54. The highest BCUT2D eigenvalue weighted by molar-refractivity contribution is 14.1. The summed E-state index contributed by atoms with van der Waals surface area (Å²) in [5.74, 6) is -0.729. The molecule has 0 aliphatic carbocycles. The van der Waals surface area contributed by atoms with E-state index in [1.165, 1.54) is 19.2 Å². The van der Waals surface area contributed by atoms with E-state index in [1.807, 2.05) is 22.6 Å². The normalized spacial score (nSPS) is 9.92. The first kappa shape index (κ1) is 10.7. The second kappa shape index (κ2) is 4.25. The SMILES string of the molecule is COc1cc(I)cc(B(O)O)c1F. The van der Waals surface area contributed by atoms with Gasteiger partial charge in [0.05, 0.1) is 7.11 Å². The summed E-state index contributed by atoms with van der Waals surface area (Å²) in [5, 5.41) is 17.6. The zero-order valence-electron chi connectivity index (χ0n) is 6.79. The molecule has 1 aromatic carbocycles. The van der Waals surface area contributed by atoms with Crippen molar-refractivity contribution in [1.29, 1.82) is 0 Å². The summed E-state index contributed by atoms with van der Waals surface area (Å²) in [6.45, 7) is 0. The molecule has 0 aliphatic rings. The van der Waals surface area contributed by atoms with Crippen molar-refractivity contribution in [3.63, 3.8) is 0 Å². The van der Waals surface area contributed by atoms with Crippen LogP contribution in [-0.4, -0.2) is 24.3 Å². The Labute approximate surface area is 88.8 Å². The Bertz CT molecular complexity index is 319. The van der Waals surface area contributed by atoms with E-state index in [9.17, 15) is 4.39 Å². The molecule has 0 heterocycles. The minimum absolute atomic E-state index is 0.00926. The largest absolute Gasteiger partial charge is 0.494 e. The molecular weight excluding hydrogens is 289 g/mol. The summed E-state index contributed by atoms with van der Waals surface area (Å²) in [6, 6.07) is 2.82. The smallest absolute Gasteiger partial charge is 0.491 e. The van der Waals surface area contributed by atoms with Gasteiger partial charge in [-0.25, -0.2) is 4.39 Å². The lowest BCUT2D eigenvalue weighted by Crippen LogP contribution is -2.33. The molecule has 0 aromatic heterocycles. The van der Waals surface area contributed by atoms with Gasteiger partial charge in [0.15, 0.2) is 11.6 Å². The van der Waals surface area contributed by atoms with Gasteiger partial charge in [-0.1, -0.05) is 0 Å². The predicted octanol–water partition coefficient (Wildman–Crippen LogP) is 0.119. The van der Waals surface area contributed by atoms with Crippen LogP contribution in [0.15, 0.2) is 12.1 Å². The lowest BCUT2D eigenvalue weighted by atomic mass is 9.80. The van der Waals surface area contributed by atoms with Crippen molar-refractivity contribution in [2.45, 2.75) is 0 Å². The van der Waals surface area contributed by atoms with Crippen molar-refractivity contribution in [1.82, 2.24) is 0 Å². The standard InChI is InChI=1S/C7H7BFIO3/c1-13-6-3-4(10)2-5(7(6)9)8(11)12/h2-3,11-12H,1H3. The molecule has 70 valence electrons. The van der Waals surface area contributed by atoms with E-state index < -0.39 is 12.9 Å². The molecular formula is C7H7BFIO3. The predicted molar refractivity (Wildman–Crippen MR) is 55.5 cm³/mol. The Morgan fingerprint density at radius 1 is 1.46 bits per heavy atom. The van der Waals surface area contributed by atoms with Gasteiger partial charge in [-0.2, -0.15) is 0 Å². The number of benzene rings is 1. The first-order valence-corrected chi connectivity index (χ1v) is 4.53. The van der Waals surface area contributed by atoms with E-state index in [-0.39, 0.29) is 11.2 Å². The summed E-state index contributed by atoms with van der Waals surface area (Å²) >= 11 is 1.94. The van der Waals surface area contributed by atoms with Gasteiger partial charge in [0, 0.05) is 9.03 Å². The number of methoxy groups -OCH3 is 1. The molecule has 0 saturated heterocycles. The molecule has 13 heavy (non-hydrogen) atoms. The lowest BCUT2D eigenvalue weighted by Gasteiger charge is -2.07. The van der Waals surface area contributed by atoms with Crippen LogP contribution >= 0.6 is 22.6 Å². The molecule has 6 heteroatoms. The molecule has 3 nitrogen and oxygen atoms in total. The fourth-order valence-electron chi connectivity index (χ4n) is 0.921. The van der Waals surface area contributed by atoms with Gasteiger partial charge in [0.2, 0.25) is 0 Å². The van der Waals surface area contributed by atoms with Gasteiger partial charge in [-0.15, -0.1) is 0 Å². The van der Waals surface area contributed by atoms with Crippen LogP contribution in [0.2, 0.25) is 0 Å². The van der Waals surface area contributed by atoms with Gasteiger partial charge in [0.1, 0.15) is 0 Å². The van der Waals surface area contributed by atoms with Crippen LogP contribution < -0.4 is 10.2 Å². The van der Waals surface area contributed by atoms with E-state index in [0.717, 1.165) is 0 Å². The van der Waals surface area contributed by atoms with Crippen molar-refractivity contribution in [3.05, 3.63) is 21.5 Å². The zero-order chi connectivity index (χ0) is 10.0. The van der Waals surface area contributed by atoms with E-state index in [1.54, 1.807) is 0 Å². The van der Waals surface area contributed by atoms with Gasteiger partial charge in [-0.3, -0.25) is 0 Å². The third-order valence-corrected chi connectivity index (χ3v) is 2.15. The lowest BCUT2D eigenvalue weighted by molar-refractivity contribution is 0.383. The summed E-state index contributed by atoms with van der Waals surface area (Å²) in [5.41, 5.74) is -0.177. The maximum absolute atomic E-state index is 13.3. The van der Waals surface area contributed by atoms with Crippen molar-refractivity contribution < 1.29 is 19.2 Å². The second-order valence-electron chi connectivity index (χ2n) is 2.38. The second-order valence-corrected chi connectivity index (χ2v) is 3.63. The van der Waals surface area contributed by atoms with Crippen LogP contribution in [0.3, 0.4) is 0 Å². The molecule has 0 radical (unpaired) electrons. The highest BCUT2D eigenvalue weighted by Crippen LogP contribution is 2.18. The number of rotatable bonds is 2. The fraction of sp³-hybridized carbons (Fsp3) is 0.143. The van der Waals surface area contributed by atoms with Crippen LogP contribution in [0.25, 0.3) is 0 Å². The average Bonchev–Trinajstić information content (AvgIpc) is 2.08. The molecule has 0 fully saturated rings. The maximum atomic E-state index is 13.3. The van der Waals surface area contributed by atoms with Crippen molar-refractivity contribution in [2.24, 2.45) is 0 Å². The van der Waals surface area contributed by atoms with Crippen LogP contribution in [-0.2, 0) is 0 Å². The molecule has 1 rings (SSSR count). The topological polar surface area (TPSA) is 49.7 Å². The zero-order valence-corrected chi connectivity index (χ0v) is 8.95. The number of hydrogen-bond acceptors (Lipinski definition) is 3. The summed E-state index contributed by atoms with van der Waals surface area (Å²) in [6.07, 6.45) is 0. The molecule has 0 atom stereocenters. The molecule has 0 amide bonds. The molecule has 0 aliphatic heterocycles. The highest BCUT2D eigenvalue weighted by Gasteiger charge is 2.20. The van der Waals surface area contributed by atoms with Crippen LogP contribution in [0.1, 0.15) is 0 Å².